The highest BCUT2D eigenvalue weighted by Crippen LogP contribution is 2.29. The summed E-state index contributed by atoms with van der Waals surface area (Å²) in [6, 6.07) is 0. The van der Waals surface area contributed by atoms with E-state index < -0.39 is 0 Å². The van der Waals surface area contributed by atoms with Crippen LogP contribution in [0.2, 0.25) is 0 Å². The van der Waals surface area contributed by atoms with Gasteiger partial charge in [-0.15, -0.1) is 0 Å². The third-order valence-corrected chi connectivity index (χ3v) is 5.49. The second-order valence-corrected chi connectivity index (χ2v) is 7.99. The summed E-state index contributed by atoms with van der Waals surface area (Å²) in [4.78, 5) is 22.9. The molecule has 1 aliphatic carbocycles. The maximum atomic E-state index is 11.8. The normalized spacial score (nSPS) is 20.5. The van der Waals surface area contributed by atoms with Crippen LogP contribution >= 0.6 is 0 Å². The first-order chi connectivity index (χ1) is 13.0. The Morgan fingerprint density at radius 3 is 2.22 bits per heavy atom. The van der Waals surface area contributed by atoms with E-state index in [1.807, 2.05) is 0 Å². The summed E-state index contributed by atoms with van der Waals surface area (Å²) in [5.41, 5.74) is 0. The lowest BCUT2D eigenvalue weighted by atomic mass is 9.83. The zero-order valence-corrected chi connectivity index (χ0v) is 17.3. The van der Waals surface area contributed by atoms with Crippen LogP contribution in [-0.4, -0.2) is 31.8 Å². The zero-order chi connectivity index (χ0) is 19.9. The van der Waals surface area contributed by atoms with Crippen molar-refractivity contribution in [3.63, 3.8) is 0 Å². The molecule has 1 amide bonds. The topological polar surface area (TPSA) is 64.6 Å². The van der Waals surface area contributed by atoms with Gasteiger partial charge in [0, 0.05) is 12.6 Å². The van der Waals surface area contributed by atoms with Crippen molar-refractivity contribution in [2.75, 3.05) is 19.8 Å². The van der Waals surface area contributed by atoms with Gasteiger partial charge in [-0.2, -0.15) is 0 Å². The average molecular weight is 382 g/mol. The third kappa shape index (κ3) is 11.7. The first kappa shape index (κ1) is 23.5. The van der Waals surface area contributed by atoms with Gasteiger partial charge in [-0.3, -0.25) is 0 Å². The molecule has 0 spiro atoms. The number of unbranched alkanes of at least 4 members (excludes halogenated alkanes) is 2. The predicted octanol–water partition coefficient (Wildman–Crippen LogP) is 5.24. The Balaban J connectivity index is 2.01. The van der Waals surface area contributed by atoms with Gasteiger partial charge in [0.2, 0.25) is 0 Å². The summed E-state index contributed by atoms with van der Waals surface area (Å²) < 4.78 is 10.5. The SMILES string of the molecule is C=CC(=O)OCC1CCC(COC(=O)NCCCC(C)CCCCC)CC1. The van der Waals surface area contributed by atoms with Gasteiger partial charge in [0.1, 0.15) is 0 Å². The molecule has 1 fully saturated rings. The fourth-order valence-corrected chi connectivity index (χ4v) is 3.60. The summed E-state index contributed by atoms with van der Waals surface area (Å²) in [5.74, 6) is 1.21. The van der Waals surface area contributed by atoms with E-state index in [1.165, 1.54) is 31.8 Å². The predicted molar refractivity (Wildman–Crippen MR) is 108 cm³/mol. The Morgan fingerprint density at radius 1 is 1.04 bits per heavy atom. The van der Waals surface area contributed by atoms with Gasteiger partial charge in [0.05, 0.1) is 13.2 Å². The molecule has 5 nitrogen and oxygen atoms in total. The van der Waals surface area contributed by atoms with Crippen molar-refractivity contribution in [3.8, 4) is 0 Å². The largest absolute Gasteiger partial charge is 0.462 e. The van der Waals surface area contributed by atoms with Gasteiger partial charge < -0.3 is 14.8 Å². The van der Waals surface area contributed by atoms with Crippen LogP contribution in [0.25, 0.3) is 0 Å². The number of esters is 1. The van der Waals surface area contributed by atoms with Crippen molar-refractivity contribution in [3.05, 3.63) is 12.7 Å². The standard InChI is InChI=1S/C22H39NO4/c1-4-6-7-9-18(3)10-8-15-23-22(25)27-17-20-13-11-19(12-14-20)16-26-21(24)5-2/h5,18-20H,2,4,6-17H2,1,3H3,(H,23,25). The van der Waals surface area contributed by atoms with Crippen LogP contribution in [0.5, 0.6) is 0 Å². The minimum absolute atomic E-state index is 0.296. The maximum Gasteiger partial charge on any atom is 0.407 e. The van der Waals surface area contributed by atoms with Gasteiger partial charge in [0.15, 0.2) is 0 Å². The molecule has 0 bridgehead atoms. The number of rotatable bonds is 13. The van der Waals surface area contributed by atoms with E-state index in [9.17, 15) is 9.59 Å². The van der Waals surface area contributed by atoms with Gasteiger partial charge in [-0.1, -0.05) is 46.1 Å². The van der Waals surface area contributed by atoms with Crippen LogP contribution in [0.1, 0.15) is 78.1 Å². The van der Waals surface area contributed by atoms with Crippen LogP contribution in [0, 0.1) is 17.8 Å². The molecule has 1 atom stereocenters. The zero-order valence-electron chi connectivity index (χ0n) is 17.3. The Kier molecular flexibility index (Phi) is 12.7. The fourth-order valence-electron chi connectivity index (χ4n) is 3.60. The molecule has 0 saturated heterocycles. The molecule has 0 heterocycles. The number of carbonyl (C=O) groups excluding carboxylic acids is 2. The molecule has 0 aliphatic heterocycles. The molecule has 0 aromatic heterocycles. The van der Waals surface area contributed by atoms with Crippen LogP contribution < -0.4 is 5.32 Å². The summed E-state index contributed by atoms with van der Waals surface area (Å²) in [6.45, 7) is 9.57. The lowest BCUT2D eigenvalue weighted by Crippen LogP contribution is -2.29. The number of carbonyl (C=O) groups is 2. The molecule has 1 saturated carbocycles. The summed E-state index contributed by atoms with van der Waals surface area (Å²) in [6.07, 6.45) is 12.3. The van der Waals surface area contributed by atoms with E-state index in [0.717, 1.165) is 44.4 Å². The molecule has 0 radical (unpaired) electrons. The summed E-state index contributed by atoms with van der Waals surface area (Å²) >= 11 is 0. The second kappa shape index (κ2) is 14.5. The van der Waals surface area contributed by atoms with E-state index in [4.69, 9.17) is 9.47 Å². The molecule has 27 heavy (non-hydrogen) atoms. The quantitative estimate of drug-likeness (QED) is 0.269. The average Bonchev–Trinajstić information content (AvgIpc) is 2.68. The number of hydrogen-bond donors (Lipinski definition) is 1. The number of hydrogen-bond acceptors (Lipinski definition) is 4. The third-order valence-electron chi connectivity index (χ3n) is 5.49. The molecule has 156 valence electrons. The number of ether oxygens (including phenoxy) is 2. The highest BCUT2D eigenvalue weighted by molar-refractivity contribution is 5.81. The number of amides is 1. The number of alkyl carbamates (subject to hydrolysis) is 1. The van der Waals surface area contributed by atoms with Crippen LogP contribution in [0.3, 0.4) is 0 Å². The Hall–Kier alpha value is -1.52. The van der Waals surface area contributed by atoms with Crippen molar-refractivity contribution in [1.29, 1.82) is 0 Å². The molecule has 0 aromatic carbocycles. The summed E-state index contributed by atoms with van der Waals surface area (Å²) in [5, 5.41) is 2.86. The van der Waals surface area contributed by atoms with Crippen LogP contribution in [0.4, 0.5) is 4.79 Å². The molecule has 5 heteroatoms. The minimum atomic E-state index is -0.354. The van der Waals surface area contributed by atoms with Crippen molar-refractivity contribution in [2.24, 2.45) is 17.8 Å². The molecule has 0 aromatic rings. The van der Waals surface area contributed by atoms with E-state index in [-0.39, 0.29) is 12.1 Å². The van der Waals surface area contributed by atoms with Crippen molar-refractivity contribution in [1.82, 2.24) is 5.32 Å². The minimum Gasteiger partial charge on any atom is -0.462 e. The maximum absolute atomic E-state index is 11.8. The molecular formula is C22H39NO4. The molecule has 1 aliphatic rings. The monoisotopic (exact) mass is 381 g/mol. The summed E-state index contributed by atoms with van der Waals surface area (Å²) in [7, 11) is 0. The van der Waals surface area contributed by atoms with Gasteiger partial charge in [0.25, 0.3) is 0 Å². The lowest BCUT2D eigenvalue weighted by molar-refractivity contribution is -0.139. The number of nitrogens with one attached hydrogen (secondary N) is 1. The fraction of sp³-hybridized carbons (Fsp3) is 0.818. The van der Waals surface area contributed by atoms with Crippen molar-refractivity contribution in [2.45, 2.75) is 78.1 Å². The van der Waals surface area contributed by atoms with E-state index >= 15 is 0 Å². The Morgan fingerprint density at radius 2 is 1.63 bits per heavy atom. The van der Waals surface area contributed by atoms with E-state index in [2.05, 4.69) is 25.7 Å². The van der Waals surface area contributed by atoms with Gasteiger partial charge in [-0.25, -0.2) is 9.59 Å². The molecule has 1 N–H and O–H groups in total. The molecule has 1 rings (SSSR count). The smallest absolute Gasteiger partial charge is 0.407 e. The van der Waals surface area contributed by atoms with Crippen molar-refractivity contribution < 1.29 is 19.1 Å². The Labute approximate surface area is 165 Å². The van der Waals surface area contributed by atoms with Crippen LogP contribution in [-0.2, 0) is 14.3 Å². The first-order valence-electron chi connectivity index (χ1n) is 10.7. The second-order valence-electron chi connectivity index (χ2n) is 7.99. The molecular weight excluding hydrogens is 342 g/mol. The molecule has 1 unspecified atom stereocenters. The first-order valence-corrected chi connectivity index (χ1v) is 10.7. The van der Waals surface area contributed by atoms with Crippen LogP contribution in [0.15, 0.2) is 12.7 Å². The van der Waals surface area contributed by atoms with E-state index in [1.54, 1.807) is 0 Å². The highest BCUT2D eigenvalue weighted by Gasteiger charge is 2.23. The lowest BCUT2D eigenvalue weighted by Gasteiger charge is -2.27. The van der Waals surface area contributed by atoms with Crippen molar-refractivity contribution >= 4 is 12.1 Å². The van der Waals surface area contributed by atoms with Gasteiger partial charge in [-0.05, 0) is 56.3 Å². The van der Waals surface area contributed by atoms with Gasteiger partial charge >= 0.3 is 12.1 Å². The van der Waals surface area contributed by atoms with E-state index in [0.29, 0.717) is 31.6 Å². The highest BCUT2D eigenvalue weighted by atomic mass is 16.5. The Bertz CT molecular complexity index is 430.